The fourth-order valence-electron chi connectivity index (χ4n) is 4.07. The highest BCUT2D eigenvalue weighted by Crippen LogP contribution is 2.38. The summed E-state index contributed by atoms with van der Waals surface area (Å²) in [7, 11) is 0. The second kappa shape index (κ2) is 15.8. The number of hydrogen-bond donors (Lipinski definition) is 0. The van der Waals surface area contributed by atoms with E-state index in [2.05, 4.69) is 36.4 Å². The van der Waals surface area contributed by atoms with Gasteiger partial charge in [-0.2, -0.15) is 13.2 Å². The Morgan fingerprint density at radius 2 is 1.55 bits per heavy atom. The van der Waals surface area contributed by atoms with Gasteiger partial charge in [-0.15, -0.1) is 0 Å². The number of aryl methyl sites for hydroxylation is 1. The Hall–Kier alpha value is -3.68. The van der Waals surface area contributed by atoms with E-state index in [-0.39, 0.29) is 13.5 Å². The molecule has 0 saturated heterocycles. The normalized spacial score (nSPS) is 12.9. The minimum Gasteiger partial charge on any atom is -0.490 e. The van der Waals surface area contributed by atoms with Crippen LogP contribution in [0, 0.1) is 0 Å². The zero-order chi connectivity index (χ0) is 28.8. The van der Waals surface area contributed by atoms with Crippen LogP contribution >= 0.6 is 0 Å². The first-order valence-corrected chi connectivity index (χ1v) is 13.6. The van der Waals surface area contributed by atoms with Gasteiger partial charge in [0.25, 0.3) is 0 Å². The topological polar surface area (TPSA) is 54.0 Å². The number of hydrogen-bond acceptors (Lipinski definition) is 5. The molecular weight excluding hydrogens is 521 g/mol. The Morgan fingerprint density at radius 3 is 2.17 bits per heavy atom. The lowest BCUT2D eigenvalue weighted by Crippen LogP contribution is -2.15. The number of ether oxygens (including phenoxy) is 4. The van der Waals surface area contributed by atoms with Gasteiger partial charge in [-0.25, -0.2) is 4.79 Å². The molecule has 0 heterocycles. The van der Waals surface area contributed by atoms with Crippen molar-refractivity contribution in [2.75, 3.05) is 19.8 Å². The highest BCUT2D eigenvalue weighted by molar-refractivity contribution is 5.71. The molecule has 0 atom stereocenters. The van der Waals surface area contributed by atoms with Gasteiger partial charge in [0.15, 0.2) is 18.1 Å². The maximum Gasteiger partial charge on any atom is 0.386 e. The quantitative estimate of drug-likeness (QED) is 0.155. The molecule has 0 aromatic heterocycles. The van der Waals surface area contributed by atoms with Crippen molar-refractivity contribution in [3.05, 3.63) is 83.9 Å². The lowest BCUT2D eigenvalue weighted by Gasteiger charge is -2.25. The summed E-state index contributed by atoms with van der Waals surface area (Å²) in [6, 6.07) is 24.2. The van der Waals surface area contributed by atoms with Crippen LogP contribution in [0.1, 0.15) is 63.0 Å². The van der Waals surface area contributed by atoms with Crippen molar-refractivity contribution in [2.24, 2.45) is 0 Å². The number of esters is 1. The second-order valence-corrected chi connectivity index (χ2v) is 9.57. The molecule has 0 aliphatic heterocycles. The van der Waals surface area contributed by atoms with E-state index in [1.165, 1.54) is 30.4 Å². The summed E-state index contributed by atoms with van der Waals surface area (Å²) >= 11 is 0. The van der Waals surface area contributed by atoms with E-state index < -0.39 is 12.1 Å². The standard InChI is InChI=1S/C30H34O5.C2H3F3/c1-2-32-30(31)22-34-29-21-27(35-26-16-14-25(15-17-26)24-12-8-13-24)18-19-28(29)33-20-7-6-11-23-9-4-3-5-10-23;1-2(3,4)5/h3-5,9-10,14-19,21,24H,2,6-8,11-13,20,22H2,1H3;1H3. The molecule has 0 N–H and O–H groups in total. The molecule has 0 radical (unpaired) electrons. The van der Waals surface area contributed by atoms with Crippen molar-refractivity contribution < 1.29 is 36.9 Å². The van der Waals surface area contributed by atoms with Crippen LogP contribution in [0.2, 0.25) is 0 Å². The van der Waals surface area contributed by atoms with Crippen molar-refractivity contribution >= 4 is 5.97 Å². The Kier molecular flexibility index (Phi) is 12.2. The monoisotopic (exact) mass is 558 g/mol. The van der Waals surface area contributed by atoms with Gasteiger partial charge in [-0.05, 0) is 80.3 Å². The fraction of sp³-hybridized carbons (Fsp3) is 0.406. The lowest BCUT2D eigenvalue weighted by atomic mass is 9.80. The molecule has 5 nitrogen and oxygen atoms in total. The first kappa shape index (κ1) is 30.9. The Morgan fingerprint density at radius 1 is 0.875 bits per heavy atom. The van der Waals surface area contributed by atoms with E-state index in [1.54, 1.807) is 13.0 Å². The molecule has 0 unspecified atom stereocenters. The molecule has 1 saturated carbocycles. The van der Waals surface area contributed by atoms with Gasteiger partial charge >= 0.3 is 12.1 Å². The van der Waals surface area contributed by atoms with Crippen LogP contribution in [-0.2, 0) is 16.0 Å². The summed E-state index contributed by atoms with van der Waals surface area (Å²) < 4.78 is 53.9. The van der Waals surface area contributed by atoms with Crippen LogP contribution in [0.15, 0.2) is 72.8 Å². The molecule has 4 rings (SSSR count). The van der Waals surface area contributed by atoms with Gasteiger partial charge in [0.05, 0.1) is 13.2 Å². The van der Waals surface area contributed by atoms with Crippen LogP contribution < -0.4 is 14.2 Å². The van der Waals surface area contributed by atoms with Gasteiger partial charge in [0, 0.05) is 13.0 Å². The van der Waals surface area contributed by atoms with E-state index in [0.29, 0.717) is 36.4 Å². The van der Waals surface area contributed by atoms with Crippen LogP contribution in [0.3, 0.4) is 0 Å². The zero-order valence-corrected chi connectivity index (χ0v) is 23.0. The average molecular weight is 559 g/mol. The Labute approximate surface area is 234 Å². The van der Waals surface area contributed by atoms with Gasteiger partial charge in [-0.1, -0.05) is 48.9 Å². The molecule has 0 amide bonds. The van der Waals surface area contributed by atoms with Gasteiger partial charge < -0.3 is 18.9 Å². The molecular formula is C32H37F3O5. The number of unbranched alkanes of at least 4 members (excludes halogenated alkanes) is 1. The number of carbonyl (C=O) groups excluding carboxylic acids is 1. The maximum atomic E-state index is 11.8. The lowest BCUT2D eigenvalue weighted by molar-refractivity contribution is -0.145. The number of carbonyl (C=O) groups is 1. The molecule has 40 heavy (non-hydrogen) atoms. The average Bonchev–Trinajstić information content (AvgIpc) is 2.88. The van der Waals surface area contributed by atoms with Crippen molar-refractivity contribution in [1.29, 1.82) is 0 Å². The number of halogens is 3. The zero-order valence-electron chi connectivity index (χ0n) is 23.0. The summed E-state index contributed by atoms with van der Waals surface area (Å²) in [6.45, 7) is 2.65. The van der Waals surface area contributed by atoms with Gasteiger partial charge in [0.1, 0.15) is 11.5 Å². The highest BCUT2D eigenvalue weighted by atomic mass is 19.4. The van der Waals surface area contributed by atoms with E-state index in [0.717, 1.165) is 25.0 Å². The molecule has 1 aliphatic rings. The van der Waals surface area contributed by atoms with E-state index in [4.69, 9.17) is 18.9 Å². The first-order chi connectivity index (χ1) is 19.2. The van der Waals surface area contributed by atoms with E-state index in [1.807, 2.05) is 30.3 Å². The number of alkyl halides is 3. The predicted molar refractivity (Wildman–Crippen MR) is 148 cm³/mol. The molecule has 1 aliphatic carbocycles. The largest absolute Gasteiger partial charge is 0.490 e. The highest BCUT2D eigenvalue weighted by Gasteiger charge is 2.19. The Balaban J connectivity index is 0.000000810. The molecule has 8 heteroatoms. The predicted octanol–water partition coefficient (Wildman–Crippen LogP) is 8.66. The summed E-state index contributed by atoms with van der Waals surface area (Å²) in [6.07, 6.45) is 2.82. The molecule has 0 spiro atoms. The van der Waals surface area contributed by atoms with Crippen molar-refractivity contribution in [1.82, 2.24) is 0 Å². The number of rotatable bonds is 13. The molecule has 3 aromatic rings. The van der Waals surface area contributed by atoms with Crippen molar-refractivity contribution in [3.63, 3.8) is 0 Å². The second-order valence-electron chi connectivity index (χ2n) is 9.57. The first-order valence-electron chi connectivity index (χ1n) is 13.6. The third-order valence-corrected chi connectivity index (χ3v) is 6.22. The van der Waals surface area contributed by atoms with Crippen LogP contribution in [0.5, 0.6) is 23.0 Å². The van der Waals surface area contributed by atoms with Gasteiger partial charge in [-0.3, -0.25) is 0 Å². The molecule has 3 aromatic carbocycles. The molecule has 1 fully saturated rings. The SMILES string of the molecule is CC(F)(F)F.CCOC(=O)COc1cc(Oc2ccc(C3CCC3)cc2)ccc1OCCCCc1ccccc1. The van der Waals surface area contributed by atoms with Crippen molar-refractivity contribution in [3.8, 4) is 23.0 Å². The van der Waals surface area contributed by atoms with E-state index in [9.17, 15) is 18.0 Å². The molecule has 216 valence electrons. The van der Waals surface area contributed by atoms with Gasteiger partial charge in [0.2, 0.25) is 0 Å². The summed E-state index contributed by atoms with van der Waals surface area (Å²) in [5.74, 6) is 2.71. The summed E-state index contributed by atoms with van der Waals surface area (Å²) in [5.41, 5.74) is 2.70. The van der Waals surface area contributed by atoms with Crippen LogP contribution in [0.4, 0.5) is 13.2 Å². The molecule has 0 bridgehead atoms. The summed E-state index contributed by atoms with van der Waals surface area (Å²) in [5, 5.41) is 0. The van der Waals surface area contributed by atoms with E-state index >= 15 is 0 Å². The third-order valence-electron chi connectivity index (χ3n) is 6.22. The van der Waals surface area contributed by atoms with Crippen LogP contribution in [-0.4, -0.2) is 32.0 Å². The maximum absolute atomic E-state index is 11.8. The van der Waals surface area contributed by atoms with Crippen molar-refractivity contribution in [2.45, 2.75) is 64.5 Å². The van der Waals surface area contributed by atoms with Crippen LogP contribution in [0.25, 0.3) is 0 Å². The third kappa shape index (κ3) is 11.6. The fourth-order valence-corrected chi connectivity index (χ4v) is 4.07. The minimum atomic E-state index is -4.00. The smallest absolute Gasteiger partial charge is 0.386 e. The number of benzene rings is 3. The summed E-state index contributed by atoms with van der Waals surface area (Å²) in [4.78, 5) is 11.8. The Bertz CT molecular complexity index is 1150. The minimum absolute atomic E-state index is 0.183.